The summed E-state index contributed by atoms with van der Waals surface area (Å²) in [5, 5.41) is 48.1. The summed E-state index contributed by atoms with van der Waals surface area (Å²) in [5.41, 5.74) is 10.4. The number of pyridine rings is 4. The lowest BCUT2D eigenvalue weighted by Crippen LogP contribution is -2.29. The number of carbonyl (C=O) groups excluding carboxylic acids is 1. The van der Waals surface area contributed by atoms with Crippen molar-refractivity contribution in [3.63, 3.8) is 0 Å². The molecule has 10 aromatic rings. The normalized spacial score (nSPS) is 15.9. The van der Waals surface area contributed by atoms with E-state index in [2.05, 4.69) is 30.9 Å². The molecule has 0 aliphatic heterocycles. The molecule has 6 heterocycles. The minimum atomic E-state index is -0.979. The van der Waals surface area contributed by atoms with Crippen LogP contribution in [-0.2, 0) is 22.6 Å². The number of anilines is 4. The second-order valence-electron chi connectivity index (χ2n) is 21.6. The van der Waals surface area contributed by atoms with Gasteiger partial charge in [-0.15, -0.1) is 0 Å². The minimum absolute atomic E-state index is 0.202. The number of aromatic carboxylic acids is 1. The van der Waals surface area contributed by atoms with Crippen LogP contribution in [0.5, 0.6) is 34.5 Å². The van der Waals surface area contributed by atoms with E-state index in [-0.39, 0.29) is 29.7 Å². The van der Waals surface area contributed by atoms with Crippen LogP contribution in [0.1, 0.15) is 94.3 Å². The molecule has 2 fully saturated rings. The number of benzene rings is 4. The van der Waals surface area contributed by atoms with Crippen LogP contribution in [0.15, 0.2) is 158 Å². The molecular formula is C68H68N14O9. The lowest BCUT2D eigenvalue weighted by atomic mass is 9.93. The fourth-order valence-corrected chi connectivity index (χ4v) is 10.7. The van der Waals surface area contributed by atoms with E-state index in [0.717, 1.165) is 90.6 Å². The van der Waals surface area contributed by atoms with Crippen molar-refractivity contribution >= 4 is 57.2 Å². The number of methoxy groups -OCH3 is 4. The zero-order valence-electron chi connectivity index (χ0n) is 50.7. The predicted octanol–water partition coefficient (Wildman–Crippen LogP) is 12.1. The molecule has 6 aromatic heterocycles. The van der Waals surface area contributed by atoms with Crippen LogP contribution in [0.2, 0.25) is 0 Å². The maximum Gasteiger partial charge on any atom is 0.335 e. The summed E-state index contributed by atoms with van der Waals surface area (Å²) in [4.78, 5) is 41.2. The third kappa shape index (κ3) is 16.3. The highest BCUT2D eigenvalue weighted by Crippen LogP contribution is 2.38. The third-order valence-corrected chi connectivity index (χ3v) is 15.6. The van der Waals surface area contributed by atoms with Crippen LogP contribution in [-0.4, -0.2) is 109 Å². The molecule has 2 saturated carbocycles. The smallest absolute Gasteiger partial charge is 0.335 e. The Morgan fingerprint density at radius 1 is 0.538 bits per heavy atom. The van der Waals surface area contributed by atoms with Gasteiger partial charge in [0.1, 0.15) is 56.9 Å². The zero-order chi connectivity index (χ0) is 63.6. The van der Waals surface area contributed by atoms with Crippen molar-refractivity contribution < 1.29 is 43.1 Å². The molecule has 23 nitrogen and oxygen atoms in total. The summed E-state index contributed by atoms with van der Waals surface area (Å²) < 4.78 is 38.1. The van der Waals surface area contributed by atoms with Crippen molar-refractivity contribution in [1.29, 1.82) is 10.5 Å². The number of aromatic nitrogens is 8. The van der Waals surface area contributed by atoms with E-state index < -0.39 is 5.97 Å². The Hall–Kier alpha value is -11.1. The van der Waals surface area contributed by atoms with Gasteiger partial charge in [0.25, 0.3) is 5.91 Å². The standard InChI is InChI=1S/C34H33N7O4.C28H30N4O5.C6H5N3/c1-43-26-9-3-22(4-10-26)21-41-33-31(32(40-41)38-25-7-13-27(44-2)14-8-25)29(16-18-37-33)45-28-11-5-24(6-12-28)34(42)39-30-19-23(20-35)15-17-36-30;1-35-21-9-3-18(4-10-21)17-32-27-25(26(31-32)30-20-7-13-22(36-2)14-8-20)24(15-16-29-27)37-23-11-5-19(6-12-23)28(33)34;7-4-5-1-2-9-6(8)3-5/h3-6,9-12,15-19,25,27H,7-8,13-14,21H2,1-2H3,(H,38,40)(H,36,39,42);3-6,9-12,15-16,20,22H,7-8,13-14,17H2,1-2H3,(H,30,31)(H,33,34);1-3H,(H2,8,9). The van der Waals surface area contributed by atoms with Crippen molar-refractivity contribution in [3.05, 3.63) is 192 Å². The average molecular weight is 1230 g/mol. The number of nitrogens with one attached hydrogen (secondary N) is 3. The predicted molar refractivity (Wildman–Crippen MR) is 343 cm³/mol. The summed E-state index contributed by atoms with van der Waals surface area (Å²) in [6, 6.07) is 43.3. The quantitative estimate of drug-likeness (QED) is 0.0502. The molecule has 2 aliphatic carbocycles. The highest BCUT2D eigenvalue weighted by molar-refractivity contribution is 6.04. The molecule has 0 saturated heterocycles. The van der Waals surface area contributed by atoms with Crippen LogP contribution in [0.25, 0.3) is 22.1 Å². The van der Waals surface area contributed by atoms with Crippen LogP contribution < -0.4 is 40.6 Å². The van der Waals surface area contributed by atoms with Crippen molar-refractivity contribution in [2.45, 2.75) is 88.7 Å². The molecule has 23 heteroatoms. The van der Waals surface area contributed by atoms with Gasteiger partial charge in [-0.2, -0.15) is 20.7 Å². The fourth-order valence-electron chi connectivity index (χ4n) is 10.7. The Morgan fingerprint density at radius 3 is 1.36 bits per heavy atom. The molecule has 1 amide bonds. The van der Waals surface area contributed by atoms with E-state index in [1.165, 1.54) is 36.7 Å². The molecule has 0 atom stereocenters. The molecule has 0 unspecified atom stereocenters. The van der Waals surface area contributed by atoms with Crippen molar-refractivity contribution in [3.8, 4) is 46.6 Å². The Kier molecular flexibility index (Phi) is 20.9. The van der Waals surface area contributed by atoms with E-state index in [4.69, 9.17) is 59.9 Å². The van der Waals surface area contributed by atoms with Gasteiger partial charge in [0.2, 0.25) is 0 Å². The molecule has 464 valence electrons. The summed E-state index contributed by atoms with van der Waals surface area (Å²) in [6.07, 6.45) is 14.9. The number of nitrogen functional groups attached to an aromatic ring is 1. The first kappa shape index (κ1) is 62.9. The number of carboxylic acid groups (broad SMARTS) is 1. The number of carboxylic acids is 1. The van der Waals surface area contributed by atoms with Gasteiger partial charge in [0.05, 0.1) is 68.3 Å². The monoisotopic (exact) mass is 1220 g/mol. The van der Waals surface area contributed by atoms with E-state index in [9.17, 15) is 14.7 Å². The van der Waals surface area contributed by atoms with E-state index in [0.29, 0.717) is 87.6 Å². The maximum atomic E-state index is 12.8. The van der Waals surface area contributed by atoms with E-state index in [1.807, 2.05) is 76.1 Å². The number of hydrogen-bond donors (Lipinski definition) is 5. The second kappa shape index (κ2) is 30.2. The molecule has 12 rings (SSSR count). The largest absolute Gasteiger partial charge is 0.497 e. The molecule has 0 bridgehead atoms. The Balaban J connectivity index is 0.000000178. The summed E-state index contributed by atoms with van der Waals surface area (Å²) in [7, 11) is 6.84. The lowest BCUT2D eigenvalue weighted by Gasteiger charge is -2.28. The van der Waals surface area contributed by atoms with E-state index in [1.54, 1.807) is 95.4 Å². The van der Waals surface area contributed by atoms with Crippen LogP contribution >= 0.6 is 0 Å². The first-order valence-corrected chi connectivity index (χ1v) is 29.5. The highest BCUT2D eigenvalue weighted by atomic mass is 16.5. The number of nitriles is 2. The zero-order valence-corrected chi connectivity index (χ0v) is 50.7. The molecule has 0 radical (unpaired) electrons. The highest BCUT2D eigenvalue weighted by Gasteiger charge is 2.27. The van der Waals surface area contributed by atoms with Gasteiger partial charge < -0.3 is 55.2 Å². The van der Waals surface area contributed by atoms with Crippen LogP contribution in [0.4, 0.5) is 23.3 Å². The van der Waals surface area contributed by atoms with Gasteiger partial charge in [0, 0.05) is 68.8 Å². The van der Waals surface area contributed by atoms with Crippen molar-refractivity contribution in [1.82, 2.24) is 39.5 Å². The van der Waals surface area contributed by atoms with Crippen LogP contribution in [0.3, 0.4) is 0 Å². The first-order chi connectivity index (χ1) is 44.4. The molecular weight excluding hydrogens is 1160 g/mol. The number of fused-ring (bicyclic) bond motifs is 2. The fraction of sp³-hybridized carbons (Fsp3) is 0.265. The topological polar surface area (TPSA) is 307 Å². The number of hydrogen-bond acceptors (Lipinski definition) is 19. The molecule has 6 N–H and O–H groups in total. The number of ether oxygens (including phenoxy) is 6. The second-order valence-corrected chi connectivity index (χ2v) is 21.6. The molecule has 0 spiro atoms. The number of amides is 1. The van der Waals surface area contributed by atoms with Gasteiger partial charge in [-0.3, -0.25) is 4.79 Å². The first-order valence-electron chi connectivity index (χ1n) is 29.5. The maximum absolute atomic E-state index is 12.8. The van der Waals surface area contributed by atoms with Gasteiger partial charge >= 0.3 is 5.97 Å². The Labute approximate surface area is 525 Å². The third-order valence-electron chi connectivity index (χ3n) is 15.6. The number of rotatable bonds is 19. The van der Waals surface area contributed by atoms with Gasteiger partial charge in [-0.1, -0.05) is 24.3 Å². The van der Waals surface area contributed by atoms with Gasteiger partial charge in [-0.05, 0) is 160 Å². The Morgan fingerprint density at radius 2 is 0.956 bits per heavy atom. The summed E-state index contributed by atoms with van der Waals surface area (Å²) in [5.74, 6) is 4.68. The lowest BCUT2D eigenvalue weighted by molar-refractivity contribution is 0.0681. The average Bonchev–Trinajstić information content (AvgIpc) is 1.78. The minimum Gasteiger partial charge on any atom is -0.497 e. The SMILES string of the molecule is COc1ccc(Cn2nc(NC3CCC(OC)CC3)c3c(Oc4ccc(C(=O)Nc5cc(C#N)ccn5)cc4)ccnc32)cc1.COc1ccc(Cn2nc(NC3CCC(OC)CC3)c3c(Oc4ccc(C(=O)O)cc4)ccnc32)cc1.N#Cc1ccnc(N)c1. The summed E-state index contributed by atoms with van der Waals surface area (Å²) >= 11 is 0. The number of nitrogens with zero attached hydrogens (tertiary/aromatic N) is 10. The van der Waals surface area contributed by atoms with Crippen molar-refractivity contribution in [2.75, 3.05) is 50.1 Å². The van der Waals surface area contributed by atoms with Crippen LogP contribution in [0, 0.1) is 22.7 Å². The molecule has 91 heavy (non-hydrogen) atoms. The summed E-state index contributed by atoms with van der Waals surface area (Å²) in [6.45, 7) is 1.05. The van der Waals surface area contributed by atoms with Crippen molar-refractivity contribution in [2.24, 2.45) is 0 Å². The molecule has 2 aliphatic rings. The molecule has 4 aromatic carbocycles. The van der Waals surface area contributed by atoms with E-state index >= 15 is 0 Å². The Bertz CT molecular complexity index is 4170. The van der Waals surface area contributed by atoms with Gasteiger partial charge in [-0.25, -0.2) is 34.1 Å². The number of carbonyl (C=O) groups is 2. The number of nitrogens with two attached hydrogens (primary N) is 1. The van der Waals surface area contributed by atoms with Gasteiger partial charge in [0.15, 0.2) is 22.9 Å².